The highest BCUT2D eigenvalue weighted by Crippen LogP contribution is 2.28. The average Bonchev–Trinajstić information content (AvgIpc) is 3.37. The first-order chi connectivity index (χ1) is 15.1. The van der Waals surface area contributed by atoms with E-state index in [9.17, 15) is 4.79 Å². The standard InChI is InChI=1S/C25H20N4OS/c1-16-12-14-19(15-13-16)26-17(2)22-23(18-8-4-3-5-9-18)28-29(24(22)30)25-27-20-10-6-7-11-21(20)31-25/h3-15,26,28H,2H2,1H3. The van der Waals surface area contributed by atoms with Crippen molar-refractivity contribution in [1.82, 2.24) is 14.8 Å². The van der Waals surface area contributed by atoms with E-state index in [1.54, 1.807) is 0 Å². The van der Waals surface area contributed by atoms with Crippen LogP contribution in [0.2, 0.25) is 0 Å². The molecule has 3 aromatic carbocycles. The Morgan fingerprint density at radius 3 is 2.45 bits per heavy atom. The number of aromatic nitrogens is 3. The fourth-order valence-electron chi connectivity index (χ4n) is 3.49. The van der Waals surface area contributed by atoms with Crippen molar-refractivity contribution in [2.75, 3.05) is 5.32 Å². The summed E-state index contributed by atoms with van der Waals surface area (Å²) in [6.45, 7) is 6.21. The van der Waals surface area contributed by atoms with Gasteiger partial charge in [0.1, 0.15) is 0 Å². The Balaban J connectivity index is 1.64. The van der Waals surface area contributed by atoms with Gasteiger partial charge in [-0.3, -0.25) is 9.89 Å². The maximum atomic E-state index is 13.5. The molecular weight excluding hydrogens is 404 g/mol. The molecule has 31 heavy (non-hydrogen) atoms. The van der Waals surface area contributed by atoms with Gasteiger partial charge in [0, 0.05) is 16.9 Å². The molecule has 0 spiro atoms. The quantitative estimate of drug-likeness (QED) is 0.373. The number of H-pyrrole nitrogens is 1. The average molecular weight is 425 g/mol. The van der Waals surface area contributed by atoms with Crippen molar-refractivity contribution in [3.63, 3.8) is 0 Å². The first-order valence-corrected chi connectivity index (χ1v) is 10.7. The van der Waals surface area contributed by atoms with Gasteiger partial charge in [0.2, 0.25) is 5.13 Å². The van der Waals surface area contributed by atoms with Crippen LogP contribution in [0.25, 0.3) is 32.3 Å². The number of nitrogens with zero attached hydrogens (tertiary/aromatic N) is 2. The lowest BCUT2D eigenvalue weighted by Gasteiger charge is -2.10. The smallest absolute Gasteiger partial charge is 0.283 e. The number of anilines is 1. The van der Waals surface area contributed by atoms with Crippen LogP contribution in [0.4, 0.5) is 5.69 Å². The number of thiazole rings is 1. The Morgan fingerprint density at radius 2 is 1.71 bits per heavy atom. The predicted octanol–water partition coefficient (Wildman–Crippen LogP) is 5.83. The van der Waals surface area contributed by atoms with Crippen LogP contribution in [0.5, 0.6) is 0 Å². The van der Waals surface area contributed by atoms with Crippen LogP contribution < -0.4 is 10.9 Å². The van der Waals surface area contributed by atoms with Gasteiger partial charge in [-0.05, 0) is 31.2 Å². The molecule has 0 aliphatic rings. The third kappa shape index (κ3) is 3.58. The molecule has 0 bridgehead atoms. The lowest BCUT2D eigenvalue weighted by atomic mass is 10.1. The lowest BCUT2D eigenvalue weighted by Crippen LogP contribution is -2.18. The number of benzene rings is 3. The van der Waals surface area contributed by atoms with Crippen molar-refractivity contribution in [3.05, 3.63) is 107 Å². The molecule has 2 heterocycles. The fraction of sp³-hybridized carbons (Fsp3) is 0.0400. The Kier molecular flexibility index (Phi) is 4.76. The second-order valence-electron chi connectivity index (χ2n) is 7.30. The molecular formula is C25H20N4OS. The van der Waals surface area contributed by atoms with E-state index in [2.05, 4.69) is 22.0 Å². The van der Waals surface area contributed by atoms with Gasteiger partial charge in [0.25, 0.3) is 5.56 Å². The molecule has 2 aromatic heterocycles. The van der Waals surface area contributed by atoms with E-state index in [1.165, 1.54) is 21.6 Å². The lowest BCUT2D eigenvalue weighted by molar-refractivity contribution is 0.845. The van der Waals surface area contributed by atoms with Crippen LogP contribution in [0.1, 0.15) is 11.1 Å². The van der Waals surface area contributed by atoms with Gasteiger partial charge in [-0.15, -0.1) is 0 Å². The van der Waals surface area contributed by atoms with E-state index in [1.807, 2.05) is 85.8 Å². The number of hydrogen-bond acceptors (Lipinski definition) is 4. The van der Waals surface area contributed by atoms with Crippen molar-refractivity contribution in [2.45, 2.75) is 6.92 Å². The number of aryl methyl sites for hydroxylation is 1. The van der Waals surface area contributed by atoms with Gasteiger partial charge in [-0.25, -0.2) is 4.98 Å². The monoisotopic (exact) mass is 424 g/mol. The number of hydrogen-bond donors (Lipinski definition) is 2. The number of fused-ring (bicyclic) bond motifs is 1. The zero-order valence-corrected chi connectivity index (χ0v) is 17.7. The van der Waals surface area contributed by atoms with E-state index in [0.717, 1.165) is 21.5 Å². The molecule has 5 aromatic rings. The van der Waals surface area contributed by atoms with Crippen molar-refractivity contribution in [2.24, 2.45) is 0 Å². The molecule has 0 amide bonds. The van der Waals surface area contributed by atoms with E-state index in [-0.39, 0.29) is 5.56 Å². The largest absolute Gasteiger partial charge is 0.355 e. The summed E-state index contributed by atoms with van der Waals surface area (Å²) in [6.07, 6.45) is 0. The Labute approximate surface area is 183 Å². The van der Waals surface area contributed by atoms with Crippen LogP contribution in [0, 0.1) is 6.92 Å². The van der Waals surface area contributed by atoms with Gasteiger partial charge < -0.3 is 5.32 Å². The van der Waals surface area contributed by atoms with E-state index >= 15 is 0 Å². The van der Waals surface area contributed by atoms with E-state index in [4.69, 9.17) is 0 Å². The highest BCUT2D eigenvalue weighted by atomic mass is 32.1. The van der Waals surface area contributed by atoms with Gasteiger partial charge in [0.15, 0.2) is 0 Å². The normalized spacial score (nSPS) is 11.0. The summed E-state index contributed by atoms with van der Waals surface area (Å²) in [5.41, 5.74) is 5.35. The molecule has 0 aliphatic carbocycles. The van der Waals surface area contributed by atoms with Crippen LogP contribution in [0.3, 0.4) is 0 Å². The minimum atomic E-state index is -0.192. The molecule has 5 nitrogen and oxygen atoms in total. The molecule has 0 atom stereocenters. The van der Waals surface area contributed by atoms with Crippen LogP contribution >= 0.6 is 11.3 Å². The molecule has 0 radical (unpaired) electrons. The summed E-state index contributed by atoms with van der Waals surface area (Å²) in [7, 11) is 0. The third-order valence-corrected chi connectivity index (χ3v) is 6.10. The molecule has 2 N–H and O–H groups in total. The summed E-state index contributed by atoms with van der Waals surface area (Å²) in [5, 5.41) is 7.15. The second kappa shape index (κ2) is 7.74. The minimum absolute atomic E-state index is 0.192. The number of aromatic amines is 1. The Hall–Kier alpha value is -3.90. The molecule has 0 fully saturated rings. The van der Waals surface area contributed by atoms with Gasteiger partial charge in [-0.2, -0.15) is 4.68 Å². The molecule has 0 saturated carbocycles. The SMILES string of the molecule is C=C(Nc1ccc(C)cc1)c1c(-c2ccccc2)[nH]n(-c2nc3ccccc3s2)c1=O. The van der Waals surface area contributed by atoms with Crippen molar-refractivity contribution in [3.8, 4) is 16.4 Å². The third-order valence-electron chi connectivity index (χ3n) is 5.08. The summed E-state index contributed by atoms with van der Waals surface area (Å²) in [6, 6.07) is 25.6. The second-order valence-corrected chi connectivity index (χ2v) is 8.31. The Morgan fingerprint density at radius 1 is 1.00 bits per heavy atom. The van der Waals surface area contributed by atoms with Gasteiger partial charge >= 0.3 is 0 Å². The van der Waals surface area contributed by atoms with Crippen LogP contribution in [-0.2, 0) is 0 Å². The van der Waals surface area contributed by atoms with E-state index in [0.29, 0.717) is 22.1 Å². The number of rotatable bonds is 5. The summed E-state index contributed by atoms with van der Waals surface area (Å²) in [5.74, 6) is 0. The van der Waals surface area contributed by atoms with E-state index < -0.39 is 0 Å². The highest BCUT2D eigenvalue weighted by Gasteiger charge is 2.21. The first-order valence-electron chi connectivity index (χ1n) is 9.89. The number of nitrogens with one attached hydrogen (secondary N) is 2. The topological polar surface area (TPSA) is 62.7 Å². The minimum Gasteiger partial charge on any atom is -0.355 e. The van der Waals surface area contributed by atoms with Crippen molar-refractivity contribution >= 4 is 32.9 Å². The summed E-state index contributed by atoms with van der Waals surface area (Å²) < 4.78 is 2.53. The molecule has 0 aliphatic heterocycles. The molecule has 0 saturated heterocycles. The maximum Gasteiger partial charge on any atom is 0.283 e. The fourth-order valence-corrected chi connectivity index (χ4v) is 4.42. The zero-order valence-electron chi connectivity index (χ0n) is 16.9. The Bertz CT molecular complexity index is 1410. The molecule has 152 valence electrons. The summed E-state index contributed by atoms with van der Waals surface area (Å²) in [4.78, 5) is 18.2. The van der Waals surface area contributed by atoms with Crippen LogP contribution in [0.15, 0.2) is 90.2 Å². The maximum absolute atomic E-state index is 13.5. The van der Waals surface area contributed by atoms with Crippen LogP contribution in [-0.4, -0.2) is 14.8 Å². The summed E-state index contributed by atoms with van der Waals surface area (Å²) >= 11 is 1.47. The first kappa shape index (κ1) is 19.1. The number of para-hydroxylation sites is 1. The highest BCUT2D eigenvalue weighted by molar-refractivity contribution is 7.20. The molecule has 5 rings (SSSR count). The molecule has 0 unspecified atom stereocenters. The zero-order chi connectivity index (χ0) is 21.4. The van der Waals surface area contributed by atoms with Gasteiger partial charge in [-0.1, -0.05) is 78.1 Å². The van der Waals surface area contributed by atoms with Crippen molar-refractivity contribution < 1.29 is 0 Å². The van der Waals surface area contributed by atoms with Crippen molar-refractivity contribution in [1.29, 1.82) is 0 Å². The molecule has 6 heteroatoms. The van der Waals surface area contributed by atoms with Gasteiger partial charge in [0.05, 0.1) is 21.5 Å². The predicted molar refractivity (Wildman–Crippen MR) is 129 cm³/mol.